The number of hydrogen-bond acceptors (Lipinski definition) is 1. The van der Waals surface area contributed by atoms with Gasteiger partial charge < -0.3 is 9.67 Å². The molecule has 0 bridgehead atoms. The number of aromatic hydroxyl groups is 1. The lowest BCUT2D eigenvalue weighted by Crippen LogP contribution is -2.01. The summed E-state index contributed by atoms with van der Waals surface area (Å²) in [5, 5.41) is 10.7. The van der Waals surface area contributed by atoms with E-state index in [0.29, 0.717) is 6.54 Å². The molecule has 0 aliphatic rings. The van der Waals surface area contributed by atoms with E-state index >= 15 is 0 Å². The van der Waals surface area contributed by atoms with Crippen LogP contribution in [-0.2, 0) is 6.54 Å². The third-order valence-corrected chi connectivity index (χ3v) is 4.39. The first-order valence-corrected chi connectivity index (χ1v) is 8.40. The summed E-state index contributed by atoms with van der Waals surface area (Å²) < 4.78 is 1.98. The van der Waals surface area contributed by atoms with Gasteiger partial charge in [0.2, 0.25) is 0 Å². The van der Waals surface area contributed by atoms with Gasteiger partial charge in [-0.15, -0.1) is 0 Å². The molecule has 0 amide bonds. The molecule has 122 valence electrons. The first-order chi connectivity index (χ1) is 12.3. The van der Waals surface area contributed by atoms with Crippen molar-refractivity contribution >= 4 is 0 Å². The Balaban J connectivity index is 1.90. The van der Waals surface area contributed by atoms with Crippen LogP contribution in [-0.4, -0.2) is 9.67 Å². The molecule has 3 aromatic carbocycles. The van der Waals surface area contributed by atoms with E-state index in [4.69, 9.17) is 0 Å². The fourth-order valence-corrected chi connectivity index (χ4v) is 3.21. The minimum atomic E-state index is 0.279. The highest BCUT2D eigenvalue weighted by molar-refractivity contribution is 5.83. The standard InChI is InChI=1S/C23H19NO/c25-22-16-21(19-12-6-2-7-13-19)23(20-14-8-3-9-15-20)24(22)17-18-10-4-1-5-11-18/h1-16,25H,17H2. The second-order valence-corrected chi connectivity index (χ2v) is 6.07. The zero-order valence-corrected chi connectivity index (χ0v) is 13.8. The van der Waals surface area contributed by atoms with Crippen LogP contribution in [0.2, 0.25) is 0 Å². The van der Waals surface area contributed by atoms with Crippen LogP contribution in [0.25, 0.3) is 22.4 Å². The Morgan fingerprint density at radius 2 is 1.16 bits per heavy atom. The van der Waals surface area contributed by atoms with E-state index in [0.717, 1.165) is 27.9 Å². The number of aromatic nitrogens is 1. The van der Waals surface area contributed by atoms with Gasteiger partial charge in [-0.25, -0.2) is 0 Å². The van der Waals surface area contributed by atoms with Crippen molar-refractivity contribution in [2.45, 2.75) is 6.54 Å². The fraction of sp³-hybridized carbons (Fsp3) is 0.0435. The first-order valence-electron chi connectivity index (χ1n) is 8.40. The van der Waals surface area contributed by atoms with E-state index in [-0.39, 0.29) is 5.88 Å². The molecule has 4 rings (SSSR count). The van der Waals surface area contributed by atoms with Crippen molar-refractivity contribution in [1.82, 2.24) is 4.57 Å². The largest absolute Gasteiger partial charge is 0.494 e. The summed E-state index contributed by atoms with van der Waals surface area (Å²) in [7, 11) is 0. The van der Waals surface area contributed by atoms with Crippen molar-refractivity contribution in [2.75, 3.05) is 0 Å². The Bertz CT molecular complexity index is 957. The molecule has 0 spiro atoms. The maximum atomic E-state index is 10.7. The molecule has 0 fully saturated rings. The van der Waals surface area contributed by atoms with E-state index in [1.165, 1.54) is 0 Å². The molecule has 0 saturated heterocycles. The lowest BCUT2D eigenvalue weighted by Gasteiger charge is -2.13. The molecule has 0 atom stereocenters. The summed E-state index contributed by atoms with van der Waals surface area (Å²) in [5.41, 5.74) is 5.43. The van der Waals surface area contributed by atoms with E-state index in [2.05, 4.69) is 36.4 Å². The van der Waals surface area contributed by atoms with Crippen LogP contribution in [0.3, 0.4) is 0 Å². The average molecular weight is 325 g/mol. The van der Waals surface area contributed by atoms with Gasteiger partial charge in [0.05, 0.1) is 12.2 Å². The van der Waals surface area contributed by atoms with Crippen LogP contribution in [0.15, 0.2) is 97.1 Å². The zero-order valence-electron chi connectivity index (χ0n) is 13.8. The maximum Gasteiger partial charge on any atom is 0.192 e. The van der Waals surface area contributed by atoms with Crippen LogP contribution >= 0.6 is 0 Å². The average Bonchev–Trinajstić information content (AvgIpc) is 3.00. The summed E-state index contributed by atoms with van der Waals surface area (Å²) in [4.78, 5) is 0. The van der Waals surface area contributed by atoms with Gasteiger partial charge in [-0.3, -0.25) is 0 Å². The quantitative estimate of drug-likeness (QED) is 0.521. The van der Waals surface area contributed by atoms with Gasteiger partial charge in [-0.1, -0.05) is 91.0 Å². The fourth-order valence-electron chi connectivity index (χ4n) is 3.21. The third-order valence-electron chi connectivity index (χ3n) is 4.39. The Morgan fingerprint density at radius 1 is 0.640 bits per heavy atom. The third kappa shape index (κ3) is 3.07. The molecule has 2 heteroatoms. The second-order valence-electron chi connectivity index (χ2n) is 6.07. The first kappa shape index (κ1) is 15.3. The van der Waals surface area contributed by atoms with Gasteiger partial charge in [-0.05, 0) is 16.7 Å². The van der Waals surface area contributed by atoms with Crippen LogP contribution in [0.5, 0.6) is 5.88 Å². The summed E-state index contributed by atoms with van der Waals surface area (Å²) >= 11 is 0. The van der Waals surface area contributed by atoms with Gasteiger partial charge in [0.25, 0.3) is 0 Å². The second kappa shape index (κ2) is 6.70. The zero-order chi connectivity index (χ0) is 17.1. The highest BCUT2D eigenvalue weighted by atomic mass is 16.3. The minimum Gasteiger partial charge on any atom is -0.494 e. The summed E-state index contributed by atoms with van der Waals surface area (Å²) in [5.74, 6) is 0.279. The minimum absolute atomic E-state index is 0.279. The summed E-state index contributed by atoms with van der Waals surface area (Å²) in [6.07, 6.45) is 0. The Kier molecular flexibility index (Phi) is 4.09. The van der Waals surface area contributed by atoms with E-state index in [9.17, 15) is 5.11 Å². The molecule has 0 saturated carbocycles. The Morgan fingerprint density at radius 3 is 1.76 bits per heavy atom. The van der Waals surface area contributed by atoms with Crippen molar-refractivity contribution in [1.29, 1.82) is 0 Å². The predicted molar refractivity (Wildman–Crippen MR) is 103 cm³/mol. The van der Waals surface area contributed by atoms with E-state index in [1.807, 2.05) is 65.2 Å². The number of hydrogen-bond donors (Lipinski definition) is 1. The van der Waals surface area contributed by atoms with Crippen molar-refractivity contribution in [3.05, 3.63) is 103 Å². The molecule has 0 unspecified atom stereocenters. The highest BCUT2D eigenvalue weighted by Crippen LogP contribution is 2.38. The molecular formula is C23H19NO. The van der Waals surface area contributed by atoms with Crippen molar-refractivity contribution in [3.63, 3.8) is 0 Å². The molecule has 4 aromatic rings. The van der Waals surface area contributed by atoms with Gasteiger partial charge >= 0.3 is 0 Å². The molecule has 1 N–H and O–H groups in total. The van der Waals surface area contributed by atoms with Crippen molar-refractivity contribution in [2.24, 2.45) is 0 Å². The van der Waals surface area contributed by atoms with Crippen LogP contribution in [0.4, 0.5) is 0 Å². The predicted octanol–water partition coefficient (Wildman–Crippen LogP) is 5.58. The molecule has 25 heavy (non-hydrogen) atoms. The van der Waals surface area contributed by atoms with Crippen LogP contribution < -0.4 is 0 Å². The lowest BCUT2D eigenvalue weighted by atomic mass is 10.0. The summed E-state index contributed by atoms with van der Waals surface area (Å²) in [6.45, 7) is 0.629. The number of nitrogens with zero attached hydrogens (tertiary/aromatic N) is 1. The number of benzene rings is 3. The van der Waals surface area contributed by atoms with E-state index < -0.39 is 0 Å². The molecule has 1 heterocycles. The number of rotatable bonds is 4. The summed E-state index contributed by atoms with van der Waals surface area (Å²) in [6, 6.07) is 32.5. The smallest absolute Gasteiger partial charge is 0.192 e. The topological polar surface area (TPSA) is 25.2 Å². The molecule has 1 aromatic heterocycles. The van der Waals surface area contributed by atoms with Crippen LogP contribution in [0, 0.1) is 0 Å². The SMILES string of the molecule is Oc1cc(-c2ccccc2)c(-c2ccccc2)n1Cc1ccccc1. The van der Waals surface area contributed by atoms with Crippen molar-refractivity contribution in [3.8, 4) is 28.3 Å². The lowest BCUT2D eigenvalue weighted by molar-refractivity contribution is 0.426. The van der Waals surface area contributed by atoms with Gasteiger partial charge in [0, 0.05) is 11.6 Å². The van der Waals surface area contributed by atoms with E-state index in [1.54, 1.807) is 0 Å². The van der Waals surface area contributed by atoms with Crippen molar-refractivity contribution < 1.29 is 5.11 Å². The van der Waals surface area contributed by atoms with Gasteiger partial charge in [0.1, 0.15) is 0 Å². The molecule has 2 nitrogen and oxygen atoms in total. The molecule has 0 aliphatic carbocycles. The maximum absolute atomic E-state index is 10.7. The van der Waals surface area contributed by atoms with Gasteiger partial charge in [-0.2, -0.15) is 0 Å². The Labute approximate surface area is 147 Å². The molecule has 0 aliphatic heterocycles. The Hall–Kier alpha value is -3.26. The van der Waals surface area contributed by atoms with Gasteiger partial charge in [0.15, 0.2) is 5.88 Å². The monoisotopic (exact) mass is 325 g/mol. The van der Waals surface area contributed by atoms with Crippen LogP contribution in [0.1, 0.15) is 5.56 Å². The molecular weight excluding hydrogens is 306 g/mol. The molecule has 0 radical (unpaired) electrons. The highest BCUT2D eigenvalue weighted by Gasteiger charge is 2.17. The normalized spacial score (nSPS) is 10.7.